The van der Waals surface area contributed by atoms with Crippen LogP contribution in [0.25, 0.3) is 0 Å². The molecule has 1 amide bonds. The van der Waals surface area contributed by atoms with Crippen molar-refractivity contribution in [3.63, 3.8) is 0 Å². The second-order valence-corrected chi connectivity index (χ2v) is 8.23. The predicted octanol–water partition coefficient (Wildman–Crippen LogP) is 3.34. The fraction of sp³-hybridized carbons (Fsp3) is 0.417. The third-order valence-electron chi connectivity index (χ3n) is 6.21. The highest BCUT2D eigenvalue weighted by Crippen LogP contribution is 2.48. The Morgan fingerprint density at radius 1 is 1.10 bits per heavy atom. The number of carbonyl (C=O) groups is 1. The van der Waals surface area contributed by atoms with E-state index in [0.29, 0.717) is 32.0 Å². The molecule has 0 radical (unpaired) electrons. The summed E-state index contributed by atoms with van der Waals surface area (Å²) in [4.78, 5) is 18.2. The summed E-state index contributed by atoms with van der Waals surface area (Å²) in [6.07, 6.45) is 3.55. The minimum atomic E-state index is -0.142. The molecule has 1 heterocycles. The van der Waals surface area contributed by atoms with Gasteiger partial charge in [0.15, 0.2) is 5.96 Å². The van der Waals surface area contributed by atoms with Gasteiger partial charge < -0.3 is 15.5 Å². The zero-order chi connectivity index (χ0) is 21.0. The Morgan fingerprint density at radius 3 is 2.50 bits per heavy atom. The molecule has 1 saturated heterocycles. The number of nitrogens with one attached hydrogen (secondary N) is 2. The first-order valence-corrected chi connectivity index (χ1v) is 10.7. The van der Waals surface area contributed by atoms with Crippen molar-refractivity contribution < 1.29 is 9.18 Å². The van der Waals surface area contributed by atoms with Gasteiger partial charge in [-0.25, -0.2) is 4.39 Å². The molecule has 2 aliphatic rings. The van der Waals surface area contributed by atoms with Crippen molar-refractivity contribution in [3.05, 3.63) is 71.0 Å². The molecule has 1 aliphatic carbocycles. The van der Waals surface area contributed by atoms with Crippen LogP contribution >= 0.6 is 0 Å². The molecular formula is C24H29FN4O. The average molecular weight is 409 g/mol. The number of nitrogens with zero attached hydrogens (tertiary/aromatic N) is 2. The second kappa shape index (κ2) is 8.86. The Hall–Kier alpha value is -2.89. The fourth-order valence-corrected chi connectivity index (χ4v) is 4.20. The number of halogens is 1. The van der Waals surface area contributed by atoms with Crippen LogP contribution < -0.4 is 10.6 Å². The molecule has 1 saturated carbocycles. The molecule has 0 aromatic heterocycles. The number of hydrogen-bond donors (Lipinski definition) is 2. The molecule has 2 aromatic rings. The normalized spacial score (nSPS) is 17.9. The number of likely N-dealkylation sites (tertiary alicyclic amines) is 1. The lowest BCUT2D eigenvalue weighted by atomic mass is 9.95. The van der Waals surface area contributed by atoms with E-state index in [2.05, 4.69) is 27.8 Å². The molecule has 4 rings (SSSR count). The summed E-state index contributed by atoms with van der Waals surface area (Å²) in [5, 5.41) is 6.75. The summed E-state index contributed by atoms with van der Waals surface area (Å²) < 4.78 is 14.2. The van der Waals surface area contributed by atoms with Crippen molar-refractivity contribution in [1.82, 2.24) is 15.5 Å². The first-order valence-electron chi connectivity index (χ1n) is 10.7. The van der Waals surface area contributed by atoms with E-state index in [-0.39, 0.29) is 17.1 Å². The quantitative estimate of drug-likeness (QED) is 0.546. The van der Waals surface area contributed by atoms with Crippen LogP contribution in [0, 0.1) is 5.82 Å². The highest BCUT2D eigenvalue weighted by atomic mass is 19.1. The van der Waals surface area contributed by atoms with E-state index in [0.717, 1.165) is 42.5 Å². The standard InChI is InChI=1S/C24H29FN4O/c1-26-23(28-17-24(12-13-24)20-9-4-5-10-21(20)25)27-15-18-7-2-3-8-19(18)16-29-14-6-11-22(29)30/h2-5,7-10H,6,11-17H2,1H3,(H2,26,27,28). The molecule has 2 fully saturated rings. The summed E-state index contributed by atoms with van der Waals surface area (Å²) in [5.74, 6) is 0.799. The lowest BCUT2D eigenvalue weighted by Gasteiger charge is -2.21. The molecule has 0 unspecified atom stereocenters. The average Bonchev–Trinajstić information content (AvgIpc) is 3.44. The topological polar surface area (TPSA) is 56.7 Å². The number of hydrogen-bond acceptors (Lipinski definition) is 2. The lowest BCUT2D eigenvalue weighted by molar-refractivity contribution is -0.128. The van der Waals surface area contributed by atoms with Crippen molar-refractivity contribution in [2.45, 2.75) is 44.2 Å². The Labute approximate surface area is 177 Å². The third kappa shape index (κ3) is 4.48. The molecule has 0 spiro atoms. The zero-order valence-electron chi connectivity index (χ0n) is 17.5. The summed E-state index contributed by atoms with van der Waals surface area (Å²) in [7, 11) is 1.74. The molecular weight excluding hydrogens is 379 g/mol. The van der Waals surface area contributed by atoms with E-state index in [9.17, 15) is 9.18 Å². The highest BCUT2D eigenvalue weighted by molar-refractivity contribution is 5.80. The smallest absolute Gasteiger partial charge is 0.222 e. The minimum absolute atomic E-state index is 0.134. The number of rotatable bonds is 7. The predicted molar refractivity (Wildman–Crippen MR) is 117 cm³/mol. The van der Waals surface area contributed by atoms with Crippen LogP contribution in [-0.4, -0.2) is 36.9 Å². The first-order chi connectivity index (χ1) is 14.6. The lowest BCUT2D eigenvalue weighted by Crippen LogP contribution is -2.41. The molecule has 6 heteroatoms. The largest absolute Gasteiger partial charge is 0.356 e. The van der Waals surface area contributed by atoms with Crippen molar-refractivity contribution in [1.29, 1.82) is 0 Å². The van der Waals surface area contributed by atoms with E-state index < -0.39 is 0 Å². The number of amides is 1. The van der Waals surface area contributed by atoms with Gasteiger partial charge in [-0.05, 0) is 42.0 Å². The van der Waals surface area contributed by atoms with Crippen LogP contribution in [0.5, 0.6) is 0 Å². The molecule has 158 valence electrons. The highest BCUT2D eigenvalue weighted by Gasteiger charge is 2.45. The molecule has 2 N–H and O–H groups in total. The maximum Gasteiger partial charge on any atom is 0.222 e. The van der Waals surface area contributed by atoms with Gasteiger partial charge in [-0.15, -0.1) is 0 Å². The SMILES string of the molecule is CN=C(NCc1ccccc1CN1CCCC1=O)NCC1(c2ccccc2F)CC1. The van der Waals surface area contributed by atoms with Gasteiger partial charge in [0.25, 0.3) is 0 Å². The van der Waals surface area contributed by atoms with Gasteiger partial charge in [0.1, 0.15) is 5.82 Å². The van der Waals surface area contributed by atoms with Crippen molar-refractivity contribution in [2.24, 2.45) is 4.99 Å². The summed E-state index contributed by atoms with van der Waals surface area (Å²) in [5.41, 5.74) is 2.95. The maximum absolute atomic E-state index is 14.2. The van der Waals surface area contributed by atoms with Crippen LogP contribution in [0.2, 0.25) is 0 Å². The van der Waals surface area contributed by atoms with Crippen LogP contribution in [0.4, 0.5) is 4.39 Å². The van der Waals surface area contributed by atoms with Gasteiger partial charge in [-0.1, -0.05) is 42.5 Å². The molecule has 0 bridgehead atoms. The Balaban J connectivity index is 1.35. The van der Waals surface area contributed by atoms with Crippen LogP contribution in [0.1, 0.15) is 42.4 Å². The number of carbonyl (C=O) groups excluding carboxylic acids is 1. The minimum Gasteiger partial charge on any atom is -0.356 e. The molecule has 1 aliphatic heterocycles. The van der Waals surface area contributed by atoms with Gasteiger partial charge in [0.05, 0.1) is 0 Å². The fourth-order valence-electron chi connectivity index (χ4n) is 4.20. The molecule has 30 heavy (non-hydrogen) atoms. The van der Waals surface area contributed by atoms with Gasteiger partial charge in [0.2, 0.25) is 5.91 Å². The summed E-state index contributed by atoms with van der Waals surface area (Å²) in [6.45, 7) is 2.75. The number of benzene rings is 2. The van der Waals surface area contributed by atoms with Gasteiger partial charge in [-0.3, -0.25) is 9.79 Å². The zero-order valence-corrected chi connectivity index (χ0v) is 17.5. The van der Waals surface area contributed by atoms with E-state index in [1.807, 2.05) is 29.2 Å². The number of guanidine groups is 1. The van der Waals surface area contributed by atoms with Crippen molar-refractivity contribution in [2.75, 3.05) is 20.1 Å². The van der Waals surface area contributed by atoms with Crippen molar-refractivity contribution in [3.8, 4) is 0 Å². The Kier molecular flexibility index (Phi) is 6.02. The Bertz CT molecular complexity index is 938. The Morgan fingerprint density at radius 2 is 1.83 bits per heavy atom. The van der Waals surface area contributed by atoms with Crippen LogP contribution in [0.15, 0.2) is 53.5 Å². The molecule has 2 aromatic carbocycles. The van der Waals surface area contributed by atoms with E-state index in [1.54, 1.807) is 13.1 Å². The van der Waals surface area contributed by atoms with Crippen molar-refractivity contribution >= 4 is 11.9 Å². The molecule has 0 atom stereocenters. The monoisotopic (exact) mass is 408 g/mol. The third-order valence-corrected chi connectivity index (χ3v) is 6.21. The maximum atomic E-state index is 14.2. The summed E-state index contributed by atoms with van der Waals surface area (Å²) >= 11 is 0. The summed E-state index contributed by atoms with van der Waals surface area (Å²) in [6, 6.07) is 15.2. The van der Waals surface area contributed by atoms with Gasteiger partial charge in [0, 0.05) is 45.1 Å². The second-order valence-electron chi connectivity index (χ2n) is 8.23. The van der Waals surface area contributed by atoms with E-state index >= 15 is 0 Å². The number of aliphatic imine (C=N–C) groups is 1. The van der Waals surface area contributed by atoms with Crippen LogP contribution in [-0.2, 0) is 23.3 Å². The van der Waals surface area contributed by atoms with Crippen LogP contribution in [0.3, 0.4) is 0 Å². The van der Waals surface area contributed by atoms with E-state index in [1.165, 1.54) is 6.07 Å². The first kappa shape index (κ1) is 20.4. The van der Waals surface area contributed by atoms with Gasteiger partial charge in [-0.2, -0.15) is 0 Å². The van der Waals surface area contributed by atoms with Gasteiger partial charge >= 0.3 is 0 Å². The van der Waals surface area contributed by atoms with E-state index in [4.69, 9.17) is 0 Å². The molecule has 5 nitrogen and oxygen atoms in total.